The first-order valence-corrected chi connectivity index (χ1v) is 11.1. The number of hydrazone groups is 1. The summed E-state index contributed by atoms with van der Waals surface area (Å²) in [6.45, 7) is -0.575. The summed E-state index contributed by atoms with van der Waals surface area (Å²) >= 11 is 12.1. The average Bonchev–Trinajstić information content (AvgIpc) is 2.73. The van der Waals surface area contributed by atoms with Gasteiger partial charge in [-0.1, -0.05) is 53.5 Å². The normalized spacial score (nSPS) is 11.5. The standard InChI is InChI=1S/C21H16Cl2FN3O3S/c22-16-10-17(23)12-19(11-16)27(31(29,30)20-4-2-1-3-5-20)14-21(28)26-25-13-15-6-8-18(24)9-7-15/h1-13H,14H2,(H,26,28)/b25-13-. The Morgan fingerprint density at radius 1 is 1.00 bits per heavy atom. The highest BCUT2D eigenvalue weighted by atomic mass is 35.5. The Hall–Kier alpha value is -2.94. The summed E-state index contributed by atoms with van der Waals surface area (Å²) in [6, 6.07) is 17.3. The van der Waals surface area contributed by atoms with Crippen molar-refractivity contribution in [2.75, 3.05) is 10.8 Å². The summed E-state index contributed by atoms with van der Waals surface area (Å²) < 4.78 is 40.3. The molecule has 1 N–H and O–H groups in total. The van der Waals surface area contributed by atoms with Crippen LogP contribution in [0.2, 0.25) is 10.0 Å². The molecule has 0 radical (unpaired) electrons. The van der Waals surface area contributed by atoms with Crippen molar-refractivity contribution >= 4 is 51.0 Å². The van der Waals surface area contributed by atoms with Gasteiger partial charge in [-0.25, -0.2) is 18.2 Å². The molecule has 31 heavy (non-hydrogen) atoms. The number of hydrogen-bond acceptors (Lipinski definition) is 4. The molecule has 0 unspecified atom stereocenters. The molecule has 0 aromatic heterocycles. The summed E-state index contributed by atoms with van der Waals surface area (Å²) in [5.41, 5.74) is 2.94. The largest absolute Gasteiger partial charge is 0.271 e. The molecule has 0 aliphatic carbocycles. The first-order valence-electron chi connectivity index (χ1n) is 8.87. The van der Waals surface area contributed by atoms with Crippen LogP contribution in [0.25, 0.3) is 0 Å². The minimum absolute atomic E-state index is 0.00582. The summed E-state index contributed by atoms with van der Waals surface area (Å²) in [5.74, 6) is -1.10. The molecule has 0 atom stereocenters. The number of halogens is 3. The molecule has 0 heterocycles. The minimum atomic E-state index is -4.10. The predicted octanol–water partition coefficient (Wildman–Crippen LogP) is 4.48. The average molecular weight is 480 g/mol. The molecule has 3 aromatic carbocycles. The van der Waals surface area contributed by atoms with Crippen molar-refractivity contribution in [2.45, 2.75) is 4.90 Å². The second-order valence-corrected chi connectivity index (χ2v) is 9.03. The Labute approximate surface area is 189 Å². The highest BCUT2D eigenvalue weighted by molar-refractivity contribution is 7.92. The smallest absolute Gasteiger partial charge is 0.264 e. The maximum Gasteiger partial charge on any atom is 0.264 e. The number of hydrogen-bond donors (Lipinski definition) is 1. The van der Waals surface area contributed by atoms with Gasteiger partial charge in [0.15, 0.2) is 0 Å². The van der Waals surface area contributed by atoms with Gasteiger partial charge in [-0.2, -0.15) is 5.10 Å². The third-order valence-electron chi connectivity index (χ3n) is 4.03. The summed E-state index contributed by atoms with van der Waals surface area (Å²) in [7, 11) is -4.10. The first-order chi connectivity index (χ1) is 14.8. The molecule has 0 aliphatic heterocycles. The molecule has 0 fully saturated rings. The van der Waals surface area contributed by atoms with Crippen LogP contribution >= 0.6 is 23.2 Å². The van der Waals surface area contributed by atoms with E-state index in [1.54, 1.807) is 18.2 Å². The SMILES string of the molecule is O=C(CN(c1cc(Cl)cc(Cl)c1)S(=O)(=O)c1ccccc1)N/N=C\c1ccc(F)cc1. The van der Waals surface area contributed by atoms with Crippen LogP contribution in [0.5, 0.6) is 0 Å². The molecule has 1 amide bonds. The van der Waals surface area contributed by atoms with Gasteiger partial charge in [0, 0.05) is 10.0 Å². The zero-order chi connectivity index (χ0) is 22.4. The summed E-state index contributed by atoms with van der Waals surface area (Å²) in [5, 5.41) is 4.21. The van der Waals surface area contributed by atoms with Gasteiger partial charge in [-0.05, 0) is 48.0 Å². The third kappa shape index (κ3) is 6.04. The van der Waals surface area contributed by atoms with E-state index in [0.717, 1.165) is 4.31 Å². The minimum Gasteiger partial charge on any atom is -0.271 e. The number of rotatable bonds is 7. The van der Waals surface area contributed by atoms with Crippen molar-refractivity contribution in [3.8, 4) is 0 Å². The van der Waals surface area contributed by atoms with E-state index < -0.39 is 28.3 Å². The van der Waals surface area contributed by atoms with E-state index in [1.165, 1.54) is 60.8 Å². The molecular formula is C21H16Cl2FN3O3S. The number of amides is 1. The van der Waals surface area contributed by atoms with Gasteiger partial charge in [-0.15, -0.1) is 0 Å². The lowest BCUT2D eigenvalue weighted by molar-refractivity contribution is -0.119. The van der Waals surface area contributed by atoms with Gasteiger partial charge in [0.25, 0.3) is 15.9 Å². The van der Waals surface area contributed by atoms with E-state index in [4.69, 9.17) is 23.2 Å². The van der Waals surface area contributed by atoms with Crippen molar-refractivity contribution < 1.29 is 17.6 Å². The van der Waals surface area contributed by atoms with Crippen molar-refractivity contribution in [1.29, 1.82) is 0 Å². The Morgan fingerprint density at radius 2 is 1.61 bits per heavy atom. The Bertz CT molecular complexity index is 1180. The van der Waals surface area contributed by atoms with E-state index in [0.29, 0.717) is 5.56 Å². The van der Waals surface area contributed by atoms with Gasteiger partial charge >= 0.3 is 0 Å². The molecular weight excluding hydrogens is 464 g/mol. The topological polar surface area (TPSA) is 78.8 Å². The number of sulfonamides is 1. The van der Waals surface area contributed by atoms with E-state index in [2.05, 4.69) is 10.5 Å². The fraction of sp³-hybridized carbons (Fsp3) is 0.0476. The van der Waals surface area contributed by atoms with Gasteiger partial charge < -0.3 is 0 Å². The van der Waals surface area contributed by atoms with Crippen molar-refractivity contribution in [3.63, 3.8) is 0 Å². The Balaban J connectivity index is 1.86. The highest BCUT2D eigenvalue weighted by Crippen LogP contribution is 2.29. The molecule has 0 saturated heterocycles. The van der Waals surface area contributed by atoms with E-state index in [9.17, 15) is 17.6 Å². The maximum atomic E-state index is 13.2. The van der Waals surface area contributed by atoms with Crippen LogP contribution in [-0.4, -0.2) is 27.1 Å². The van der Waals surface area contributed by atoms with Gasteiger partial charge in [0.1, 0.15) is 12.4 Å². The van der Waals surface area contributed by atoms with Crippen LogP contribution in [0.1, 0.15) is 5.56 Å². The van der Waals surface area contributed by atoms with Crippen LogP contribution in [-0.2, 0) is 14.8 Å². The van der Waals surface area contributed by atoms with Crippen LogP contribution in [0.15, 0.2) is 82.8 Å². The molecule has 160 valence electrons. The molecule has 0 spiro atoms. The lowest BCUT2D eigenvalue weighted by Crippen LogP contribution is -2.39. The number of nitrogens with one attached hydrogen (secondary N) is 1. The molecule has 10 heteroatoms. The van der Waals surface area contributed by atoms with Gasteiger partial charge in [-0.3, -0.25) is 9.10 Å². The number of carbonyl (C=O) groups is 1. The second-order valence-electron chi connectivity index (χ2n) is 6.30. The van der Waals surface area contributed by atoms with Gasteiger partial charge in [0.05, 0.1) is 16.8 Å². The zero-order valence-corrected chi connectivity index (χ0v) is 18.2. The quantitative estimate of drug-likeness (QED) is 0.400. The predicted molar refractivity (Wildman–Crippen MR) is 120 cm³/mol. The first kappa shape index (κ1) is 22.7. The zero-order valence-electron chi connectivity index (χ0n) is 15.9. The fourth-order valence-electron chi connectivity index (χ4n) is 2.61. The monoisotopic (exact) mass is 479 g/mol. The number of anilines is 1. The summed E-state index contributed by atoms with van der Waals surface area (Å²) in [4.78, 5) is 12.5. The Kier molecular flexibility index (Phi) is 7.27. The lowest BCUT2D eigenvalue weighted by atomic mass is 10.2. The summed E-state index contributed by atoms with van der Waals surface area (Å²) in [6.07, 6.45) is 1.31. The van der Waals surface area contributed by atoms with Crippen molar-refractivity contribution in [1.82, 2.24) is 5.43 Å². The number of benzene rings is 3. The lowest BCUT2D eigenvalue weighted by Gasteiger charge is -2.24. The van der Waals surface area contributed by atoms with Crippen LogP contribution in [0.4, 0.5) is 10.1 Å². The van der Waals surface area contributed by atoms with E-state index >= 15 is 0 Å². The van der Waals surface area contributed by atoms with Crippen LogP contribution < -0.4 is 9.73 Å². The second kappa shape index (κ2) is 9.91. The molecule has 6 nitrogen and oxygen atoms in total. The molecule has 0 bridgehead atoms. The van der Waals surface area contributed by atoms with Gasteiger partial charge in [0.2, 0.25) is 0 Å². The van der Waals surface area contributed by atoms with E-state index in [1.807, 2.05) is 0 Å². The highest BCUT2D eigenvalue weighted by Gasteiger charge is 2.27. The Morgan fingerprint density at radius 3 is 2.23 bits per heavy atom. The fourth-order valence-corrected chi connectivity index (χ4v) is 4.55. The third-order valence-corrected chi connectivity index (χ3v) is 6.25. The van der Waals surface area contributed by atoms with Crippen molar-refractivity contribution in [3.05, 3.63) is 94.2 Å². The maximum absolute atomic E-state index is 13.2. The number of nitrogens with zero attached hydrogens (tertiary/aromatic N) is 2. The van der Waals surface area contributed by atoms with E-state index in [-0.39, 0.29) is 20.6 Å². The molecule has 3 aromatic rings. The molecule has 0 saturated carbocycles. The van der Waals surface area contributed by atoms with Crippen LogP contribution in [0.3, 0.4) is 0 Å². The molecule has 0 aliphatic rings. The van der Waals surface area contributed by atoms with Crippen molar-refractivity contribution in [2.24, 2.45) is 5.10 Å². The molecule has 3 rings (SSSR count). The number of carbonyl (C=O) groups excluding carboxylic acids is 1. The van der Waals surface area contributed by atoms with Crippen LogP contribution in [0, 0.1) is 5.82 Å².